The van der Waals surface area contributed by atoms with Crippen molar-refractivity contribution in [2.75, 3.05) is 13.6 Å². The van der Waals surface area contributed by atoms with Gasteiger partial charge in [-0.05, 0) is 44.0 Å². The Morgan fingerprint density at radius 2 is 1.68 bits per heavy atom. The molecule has 2 rings (SSSR count). The van der Waals surface area contributed by atoms with Gasteiger partial charge in [-0.3, -0.25) is 4.79 Å². The number of rotatable bonds is 6. The molecule has 0 aliphatic heterocycles. The average Bonchev–Trinajstić information content (AvgIpc) is 2.56. The lowest BCUT2D eigenvalue weighted by molar-refractivity contribution is -0.121. The fraction of sp³-hybridized carbons (Fsp3) is 0.263. The Morgan fingerprint density at radius 3 is 2.21 bits per heavy atom. The number of hydrazone groups is 1. The maximum absolute atomic E-state index is 12.9. The summed E-state index contributed by atoms with van der Waals surface area (Å²) in [6.45, 7) is 4.98. The van der Waals surface area contributed by atoms with Crippen LogP contribution in [0.25, 0.3) is 0 Å². The van der Waals surface area contributed by atoms with E-state index >= 15 is 0 Å². The lowest BCUT2D eigenvalue weighted by Crippen LogP contribution is -2.37. The smallest absolute Gasteiger partial charge is 0.255 e. The zero-order chi connectivity index (χ0) is 21.1. The first-order valence-electron chi connectivity index (χ1n) is 8.34. The van der Waals surface area contributed by atoms with Crippen molar-refractivity contribution in [1.29, 1.82) is 0 Å². The van der Waals surface area contributed by atoms with Gasteiger partial charge in [-0.15, -0.1) is 0 Å². The van der Waals surface area contributed by atoms with Crippen molar-refractivity contribution in [3.63, 3.8) is 0 Å². The third-order valence-electron chi connectivity index (χ3n) is 4.02. The molecule has 0 bridgehead atoms. The number of amides is 1. The SMILES string of the molecule is Cc1cc(C)c(S(=O)(=O)N(C)CC(=O)N/N=C\c2c(Cl)cccc2Cl)c(C)c1. The standard InChI is InChI=1S/C19H21Cl2N3O3S/c1-12-8-13(2)19(14(3)9-12)28(26,27)24(4)11-18(25)23-22-10-15-16(20)6-5-7-17(15)21/h5-10H,11H2,1-4H3,(H,23,25)/b22-10-. The van der Waals surface area contributed by atoms with Crippen LogP contribution in [0.5, 0.6) is 0 Å². The molecule has 6 nitrogen and oxygen atoms in total. The molecule has 150 valence electrons. The number of carbonyl (C=O) groups excluding carboxylic acids is 1. The molecule has 0 aliphatic rings. The highest BCUT2D eigenvalue weighted by atomic mass is 35.5. The molecular formula is C19H21Cl2N3O3S. The summed E-state index contributed by atoms with van der Waals surface area (Å²) in [6.07, 6.45) is 1.31. The molecule has 0 spiro atoms. The number of nitrogens with one attached hydrogen (secondary N) is 1. The van der Waals surface area contributed by atoms with Crippen LogP contribution in [-0.2, 0) is 14.8 Å². The first kappa shape index (κ1) is 22.4. The number of carbonyl (C=O) groups is 1. The van der Waals surface area contributed by atoms with E-state index in [9.17, 15) is 13.2 Å². The van der Waals surface area contributed by atoms with Crippen molar-refractivity contribution >= 4 is 45.3 Å². The predicted octanol–water partition coefficient (Wildman–Crippen LogP) is 3.69. The summed E-state index contributed by atoms with van der Waals surface area (Å²) >= 11 is 12.0. The Bertz CT molecular complexity index is 993. The lowest BCUT2D eigenvalue weighted by Gasteiger charge is -2.19. The van der Waals surface area contributed by atoms with E-state index in [1.807, 2.05) is 6.92 Å². The molecule has 0 saturated heterocycles. The van der Waals surface area contributed by atoms with E-state index in [-0.39, 0.29) is 11.4 Å². The molecule has 0 heterocycles. The Balaban J connectivity index is 2.11. The fourth-order valence-electron chi connectivity index (χ4n) is 2.85. The van der Waals surface area contributed by atoms with Gasteiger partial charge in [-0.1, -0.05) is 47.0 Å². The van der Waals surface area contributed by atoms with Crippen molar-refractivity contribution < 1.29 is 13.2 Å². The molecule has 0 aromatic heterocycles. The van der Waals surface area contributed by atoms with Crippen molar-refractivity contribution in [3.8, 4) is 0 Å². The summed E-state index contributed by atoms with van der Waals surface area (Å²) in [7, 11) is -2.47. The van der Waals surface area contributed by atoms with Crippen molar-refractivity contribution in [2.45, 2.75) is 25.7 Å². The van der Waals surface area contributed by atoms with E-state index in [0.29, 0.717) is 26.7 Å². The second kappa shape index (κ2) is 9.05. The Kier molecular flexibility index (Phi) is 7.22. The molecule has 0 radical (unpaired) electrons. The van der Waals surface area contributed by atoms with Gasteiger partial charge in [0.1, 0.15) is 0 Å². The van der Waals surface area contributed by atoms with Crippen LogP contribution in [0.4, 0.5) is 0 Å². The molecule has 28 heavy (non-hydrogen) atoms. The molecule has 0 fully saturated rings. The summed E-state index contributed by atoms with van der Waals surface area (Å²) in [5.74, 6) is -0.590. The van der Waals surface area contributed by atoms with Crippen LogP contribution in [-0.4, -0.2) is 38.4 Å². The number of hydrogen-bond donors (Lipinski definition) is 1. The van der Waals surface area contributed by atoms with E-state index in [1.165, 1.54) is 13.3 Å². The molecule has 0 aliphatic carbocycles. The highest BCUT2D eigenvalue weighted by Crippen LogP contribution is 2.24. The highest BCUT2D eigenvalue weighted by Gasteiger charge is 2.26. The number of aryl methyl sites for hydroxylation is 3. The quantitative estimate of drug-likeness (QED) is 0.548. The van der Waals surface area contributed by atoms with Gasteiger partial charge in [-0.2, -0.15) is 9.41 Å². The minimum atomic E-state index is -3.82. The molecule has 0 atom stereocenters. The number of nitrogens with zero attached hydrogens (tertiary/aromatic N) is 2. The third-order valence-corrected chi connectivity index (χ3v) is 6.79. The first-order chi connectivity index (χ1) is 13.0. The van der Waals surface area contributed by atoms with Crippen LogP contribution in [0.2, 0.25) is 10.0 Å². The molecule has 9 heteroatoms. The van der Waals surface area contributed by atoms with Crippen LogP contribution in [0.3, 0.4) is 0 Å². The van der Waals surface area contributed by atoms with Gasteiger partial charge >= 0.3 is 0 Å². The number of likely N-dealkylation sites (N-methyl/N-ethyl adjacent to an activating group) is 1. The predicted molar refractivity (Wildman–Crippen MR) is 113 cm³/mol. The van der Waals surface area contributed by atoms with Gasteiger partial charge in [0.15, 0.2) is 0 Å². The van der Waals surface area contributed by atoms with Crippen LogP contribution >= 0.6 is 23.2 Å². The summed E-state index contributed by atoms with van der Waals surface area (Å²) in [4.78, 5) is 12.3. The summed E-state index contributed by atoms with van der Waals surface area (Å²) in [5.41, 5.74) is 4.99. The highest BCUT2D eigenvalue weighted by molar-refractivity contribution is 7.89. The zero-order valence-corrected chi connectivity index (χ0v) is 18.3. The zero-order valence-electron chi connectivity index (χ0n) is 16.0. The van der Waals surface area contributed by atoms with Gasteiger partial charge < -0.3 is 0 Å². The third kappa shape index (κ3) is 5.11. The van der Waals surface area contributed by atoms with Crippen LogP contribution in [0.1, 0.15) is 22.3 Å². The molecule has 2 aromatic rings. The Morgan fingerprint density at radius 1 is 1.14 bits per heavy atom. The van der Waals surface area contributed by atoms with Crippen LogP contribution < -0.4 is 5.43 Å². The van der Waals surface area contributed by atoms with E-state index < -0.39 is 15.9 Å². The van der Waals surface area contributed by atoms with Gasteiger partial charge in [0, 0.05) is 12.6 Å². The van der Waals surface area contributed by atoms with E-state index in [0.717, 1.165) is 9.87 Å². The molecular weight excluding hydrogens is 421 g/mol. The molecule has 1 N–H and O–H groups in total. The van der Waals surface area contributed by atoms with Crippen molar-refractivity contribution in [2.24, 2.45) is 5.10 Å². The van der Waals surface area contributed by atoms with Gasteiger partial charge in [0.25, 0.3) is 5.91 Å². The average molecular weight is 442 g/mol. The maximum atomic E-state index is 12.9. The number of hydrogen-bond acceptors (Lipinski definition) is 4. The molecule has 0 saturated carbocycles. The summed E-state index contributed by atoms with van der Waals surface area (Å²) < 4.78 is 26.7. The summed E-state index contributed by atoms with van der Waals surface area (Å²) in [6, 6.07) is 8.57. The van der Waals surface area contributed by atoms with E-state index in [2.05, 4.69) is 10.5 Å². The molecule has 2 aromatic carbocycles. The maximum Gasteiger partial charge on any atom is 0.255 e. The summed E-state index contributed by atoms with van der Waals surface area (Å²) in [5, 5.41) is 4.57. The van der Waals surface area contributed by atoms with Gasteiger partial charge in [-0.25, -0.2) is 13.8 Å². The van der Waals surface area contributed by atoms with E-state index in [4.69, 9.17) is 23.2 Å². The largest absolute Gasteiger partial charge is 0.272 e. The second-order valence-electron chi connectivity index (χ2n) is 6.42. The van der Waals surface area contributed by atoms with Crippen LogP contribution in [0, 0.1) is 20.8 Å². The normalized spacial score (nSPS) is 12.0. The molecule has 0 unspecified atom stereocenters. The van der Waals surface area contributed by atoms with Crippen molar-refractivity contribution in [1.82, 2.24) is 9.73 Å². The van der Waals surface area contributed by atoms with Gasteiger partial charge in [0.05, 0.1) is 27.7 Å². The Hall–Kier alpha value is -1.93. The van der Waals surface area contributed by atoms with Crippen molar-refractivity contribution in [3.05, 3.63) is 62.6 Å². The minimum absolute atomic E-state index is 0.208. The fourth-order valence-corrected chi connectivity index (χ4v) is 4.88. The molecule has 1 amide bonds. The van der Waals surface area contributed by atoms with E-state index in [1.54, 1.807) is 44.2 Å². The van der Waals surface area contributed by atoms with Crippen LogP contribution in [0.15, 0.2) is 40.3 Å². The first-order valence-corrected chi connectivity index (χ1v) is 10.5. The second-order valence-corrected chi connectivity index (χ2v) is 9.21. The topological polar surface area (TPSA) is 78.8 Å². The number of benzene rings is 2. The Labute approximate surface area is 175 Å². The number of halogens is 2. The number of sulfonamides is 1. The minimum Gasteiger partial charge on any atom is -0.272 e. The monoisotopic (exact) mass is 441 g/mol. The van der Waals surface area contributed by atoms with Gasteiger partial charge in [0.2, 0.25) is 10.0 Å². The lowest BCUT2D eigenvalue weighted by atomic mass is 10.1.